The molecule has 2 aromatic heterocycles. The smallest absolute Gasteiger partial charge is 0.147 e. The standard InChI is InChI=1S/C12H16N2O3S/c1-18(16,17)7-3-6-14-8-10(9-15)11-4-2-5-13-12(11)14/h2,4-5,8,15H,3,6-7,9H2,1H3. The van der Waals surface area contributed by atoms with Gasteiger partial charge in [0.25, 0.3) is 0 Å². The van der Waals surface area contributed by atoms with Crippen LogP contribution >= 0.6 is 0 Å². The lowest BCUT2D eigenvalue weighted by atomic mass is 10.2. The van der Waals surface area contributed by atoms with Crippen LogP contribution < -0.4 is 0 Å². The van der Waals surface area contributed by atoms with Crippen LogP contribution in [0.15, 0.2) is 24.5 Å². The van der Waals surface area contributed by atoms with Gasteiger partial charge in [0.1, 0.15) is 15.5 Å². The molecule has 0 saturated heterocycles. The van der Waals surface area contributed by atoms with Gasteiger partial charge in [-0.15, -0.1) is 0 Å². The normalized spacial score (nSPS) is 12.1. The number of aliphatic hydroxyl groups excluding tert-OH is 1. The molecule has 2 heterocycles. The van der Waals surface area contributed by atoms with Gasteiger partial charge in [-0.1, -0.05) is 0 Å². The van der Waals surface area contributed by atoms with E-state index in [1.807, 2.05) is 22.9 Å². The van der Waals surface area contributed by atoms with Gasteiger partial charge >= 0.3 is 0 Å². The van der Waals surface area contributed by atoms with E-state index >= 15 is 0 Å². The molecule has 0 aliphatic carbocycles. The lowest BCUT2D eigenvalue weighted by Crippen LogP contribution is -2.07. The topological polar surface area (TPSA) is 72.2 Å². The zero-order valence-electron chi connectivity index (χ0n) is 10.2. The van der Waals surface area contributed by atoms with Crippen molar-refractivity contribution in [2.24, 2.45) is 0 Å². The van der Waals surface area contributed by atoms with Gasteiger partial charge in [-0.05, 0) is 18.6 Å². The van der Waals surface area contributed by atoms with Gasteiger partial charge in [-0.25, -0.2) is 13.4 Å². The van der Waals surface area contributed by atoms with Gasteiger partial charge in [0.2, 0.25) is 0 Å². The number of hydrogen-bond donors (Lipinski definition) is 1. The van der Waals surface area contributed by atoms with Crippen LogP contribution in [0.3, 0.4) is 0 Å². The maximum Gasteiger partial charge on any atom is 0.147 e. The van der Waals surface area contributed by atoms with Crippen LogP contribution in [0.1, 0.15) is 12.0 Å². The third-order valence-corrected chi connectivity index (χ3v) is 3.83. The van der Waals surface area contributed by atoms with Crippen LogP contribution in [0.5, 0.6) is 0 Å². The summed E-state index contributed by atoms with van der Waals surface area (Å²) in [5, 5.41) is 10.2. The first kappa shape index (κ1) is 13.0. The van der Waals surface area contributed by atoms with Crippen LogP contribution in [0.25, 0.3) is 11.0 Å². The van der Waals surface area contributed by atoms with Crippen LogP contribution in [0, 0.1) is 0 Å². The zero-order valence-corrected chi connectivity index (χ0v) is 11.0. The maximum atomic E-state index is 11.1. The largest absolute Gasteiger partial charge is 0.392 e. The fourth-order valence-electron chi connectivity index (χ4n) is 1.99. The first-order valence-corrected chi connectivity index (χ1v) is 7.78. The molecule has 0 atom stereocenters. The SMILES string of the molecule is CS(=O)(=O)CCCn1cc(CO)c2cccnc21. The Morgan fingerprint density at radius 3 is 2.89 bits per heavy atom. The lowest BCUT2D eigenvalue weighted by molar-refractivity contribution is 0.283. The van der Waals surface area contributed by atoms with Crippen LogP contribution in [-0.2, 0) is 23.0 Å². The minimum Gasteiger partial charge on any atom is -0.392 e. The summed E-state index contributed by atoms with van der Waals surface area (Å²) in [7, 11) is -2.93. The third kappa shape index (κ3) is 2.88. The molecule has 98 valence electrons. The average molecular weight is 268 g/mol. The Bertz CT molecular complexity index is 646. The van der Waals surface area contributed by atoms with Crippen molar-refractivity contribution in [3.05, 3.63) is 30.1 Å². The fraction of sp³-hybridized carbons (Fsp3) is 0.417. The molecule has 2 rings (SSSR count). The van der Waals surface area contributed by atoms with Crippen molar-refractivity contribution in [3.63, 3.8) is 0 Å². The highest BCUT2D eigenvalue weighted by Crippen LogP contribution is 2.19. The molecule has 0 aromatic carbocycles. The number of rotatable bonds is 5. The van der Waals surface area contributed by atoms with E-state index in [2.05, 4.69) is 4.98 Å². The summed E-state index contributed by atoms with van der Waals surface area (Å²) in [5.41, 5.74) is 1.60. The summed E-state index contributed by atoms with van der Waals surface area (Å²) in [6.45, 7) is 0.544. The van der Waals surface area contributed by atoms with Gasteiger partial charge < -0.3 is 9.67 Å². The van der Waals surface area contributed by atoms with Gasteiger partial charge in [0, 0.05) is 36.1 Å². The molecule has 0 bridgehead atoms. The second-order valence-corrected chi connectivity index (χ2v) is 6.62. The zero-order chi connectivity index (χ0) is 13.2. The summed E-state index contributed by atoms with van der Waals surface area (Å²) in [4.78, 5) is 4.27. The number of aromatic nitrogens is 2. The Morgan fingerprint density at radius 1 is 1.44 bits per heavy atom. The van der Waals surface area contributed by atoms with Crippen molar-refractivity contribution >= 4 is 20.9 Å². The van der Waals surface area contributed by atoms with E-state index in [4.69, 9.17) is 0 Å². The summed E-state index contributed by atoms with van der Waals surface area (Å²) in [6, 6.07) is 3.73. The molecule has 5 nitrogen and oxygen atoms in total. The van der Waals surface area contributed by atoms with Crippen LogP contribution in [0.2, 0.25) is 0 Å². The van der Waals surface area contributed by atoms with E-state index in [1.54, 1.807) is 6.20 Å². The molecule has 0 aliphatic heterocycles. The van der Waals surface area contributed by atoms with Crippen molar-refractivity contribution in [2.45, 2.75) is 19.6 Å². The number of sulfone groups is 1. The highest BCUT2D eigenvalue weighted by Gasteiger charge is 2.09. The Kier molecular flexibility index (Phi) is 3.68. The van der Waals surface area contributed by atoms with Gasteiger partial charge in [0.15, 0.2) is 0 Å². The van der Waals surface area contributed by atoms with Crippen molar-refractivity contribution < 1.29 is 13.5 Å². The Morgan fingerprint density at radius 2 is 2.22 bits per heavy atom. The molecular formula is C12H16N2O3S. The molecule has 0 saturated carbocycles. The quantitative estimate of drug-likeness (QED) is 0.876. The second kappa shape index (κ2) is 5.07. The molecule has 18 heavy (non-hydrogen) atoms. The molecule has 0 aliphatic rings. The molecule has 0 fully saturated rings. The van der Waals surface area contributed by atoms with E-state index in [9.17, 15) is 13.5 Å². The third-order valence-electron chi connectivity index (χ3n) is 2.80. The van der Waals surface area contributed by atoms with Crippen LogP contribution in [-0.4, -0.2) is 35.1 Å². The maximum absolute atomic E-state index is 11.1. The van der Waals surface area contributed by atoms with Crippen molar-refractivity contribution in [2.75, 3.05) is 12.0 Å². The second-order valence-electron chi connectivity index (χ2n) is 4.36. The van der Waals surface area contributed by atoms with Gasteiger partial charge in [-0.2, -0.15) is 0 Å². The number of aryl methyl sites for hydroxylation is 1. The first-order valence-electron chi connectivity index (χ1n) is 5.72. The van der Waals surface area contributed by atoms with Crippen molar-refractivity contribution in [1.29, 1.82) is 0 Å². The summed E-state index contributed by atoms with van der Waals surface area (Å²) >= 11 is 0. The molecule has 0 spiro atoms. The minimum absolute atomic E-state index is 0.0404. The predicted octanol–water partition coefficient (Wildman–Crippen LogP) is 0.963. The molecule has 0 radical (unpaired) electrons. The van der Waals surface area contributed by atoms with E-state index in [0.717, 1.165) is 16.6 Å². The van der Waals surface area contributed by atoms with Crippen LogP contribution in [0.4, 0.5) is 0 Å². The molecular weight excluding hydrogens is 252 g/mol. The molecule has 2 aromatic rings. The number of aliphatic hydroxyl groups is 1. The molecule has 1 N–H and O–H groups in total. The monoisotopic (exact) mass is 268 g/mol. The van der Waals surface area contributed by atoms with Gasteiger partial charge in [0.05, 0.1) is 12.4 Å². The van der Waals surface area contributed by atoms with E-state index in [1.165, 1.54) is 6.26 Å². The number of nitrogens with zero attached hydrogens (tertiary/aromatic N) is 2. The number of fused-ring (bicyclic) bond motifs is 1. The first-order chi connectivity index (χ1) is 8.51. The number of pyridine rings is 1. The van der Waals surface area contributed by atoms with Gasteiger partial charge in [-0.3, -0.25) is 0 Å². The lowest BCUT2D eigenvalue weighted by Gasteiger charge is -2.03. The van der Waals surface area contributed by atoms with Crippen molar-refractivity contribution in [1.82, 2.24) is 9.55 Å². The summed E-state index contributed by atoms with van der Waals surface area (Å²) in [5.74, 6) is 0.161. The molecule has 0 unspecified atom stereocenters. The Labute approximate surface area is 106 Å². The minimum atomic E-state index is -2.93. The Hall–Kier alpha value is -1.40. The average Bonchev–Trinajstić information content (AvgIpc) is 2.66. The highest BCUT2D eigenvalue weighted by molar-refractivity contribution is 7.90. The van der Waals surface area contributed by atoms with E-state index < -0.39 is 9.84 Å². The van der Waals surface area contributed by atoms with Crippen molar-refractivity contribution in [3.8, 4) is 0 Å². The molecule has 0 amide bonds. The van der Waals surface area contributed by atoms with E-state index in [0.29, 0.717) is 13.0 Å². The Balaban J connectivity index is 2.23. The summed E-state index contributed by atoms with van der Waals surface area (Å²) in [6.07, 6.45) is 5.30. The summed E-state index contributed by atoms with van der Waals surface area (Å²) < 4.78 is 24.1. The molecule has 6 heteroatoms. The predicted molar refractivity (Wildman–Crippen MR) is 70.0 cm³/mol. The van der Waals surface area contributed by atoms with E-state index in [-0.39, 0.29) is 12.4 Å². The fourth-order valence-corrected chi connectivity index (χ4v) is 2.64. The highest BCUT2D eigenvalue weighted by atomic mass is 32.2. The number of hydrogen-bond acceptors (Lipinski definition) is 4.